The standard InChI is InChI=1S/C19H21N3O2/c23-18(16-8-3-1-4-9-16)21-12-7-13-22(15-14-21)19(24)20-17-10-5-2-6-11-17/h1-6,8-11H,7,12-15H2,(H,20,24). The van der Waals surface area contributed by atoms with Crippen LogP contribution in [0.5, 0.6) is 0 Å². The van der Waals surface area contributed by atoms with Gasteiger partial charge in [-0.25, -0.2) is 4.79 Å². The van der Waals surface area contributed by atoms with Gasteiger partial charge >= 0.3 is 6.03 Å². The molecule has 0 spiro atoms. The van der Waals surface area contributed by atoms with Crippen molar-refractivity contribution in [2.45, 2.75) is 6.42 Å². The van der Waals surface area contributed by atoms with Crippen molar-refractivity contribution >= 4 is 17.6 Å². The third-order valence-electron chi connectivity index (χ3n) is 4.12. The zero-order valence-corrected chi connectivity index (χ0v) is 13.5. The molecule has 0 radical (unpaired) electrons. The molecule has 0 aromatic heterocycles. The summed E-state index contributed by atoms with van der Waals surface area (Å²) in [7, 11) is 0. The molecule has 5 heteroatoms. The van der Waals surface area contributed by atoms with E-state index in [1.54, 1.807) is 4.90 Å². The molecule has 1 saturated heterocycles. The Balaban J connectivity index is 1.59. The maximum absolute atomic E-state index is 12.5. The van der Waals surface area contributed by atoms with Gasteiger partial charge in [-0.3, -0.25) is 4.79 Å². The van der Waals surface area contributed by atoms with Gasteiger partial charge in [-0.15, -0.1) is 0 Å². The van der Waals surface area contributed by atoms with Crippen LogP contribution >= 0.6 is 0 Å². The van der Waals surface area contributed by atoms with Crippen LogP contribution in [0.25, 0.3) is 0 Å². The second kappa shape index (κ2) is 7.64. The number of anilines is 1. The molecule has 1 N–H and O–H groups in total. The van der Waals surface area contributed by atoms with Crippen molar-refractivity contribution in [2.75, 3.05) is 31.5 Å². The van der Waals surface area contributed by atoms with Crippen LogP contribution in [-0.2, 0) is 0 Å². The highest BCUT2D eigenvalue weighted by Crippen LogP contribution is 2.11. The maximum atomic E-state index is 12.5. The number of rotatable bonds is 2. The number of hydrogen-bond donors (Lipinski definition) is 1. The van der Waals surface area contributed by atoms with Gasteiger partial charge in [-0.2, -0.15) is 0 Å². The quantitative estimate of drug-likeness (QED) is 0.923. The normalized spacial score (nSPS) is 14.8. The van der Waals surface area contributed by atoms with Gasteiger partial charge in [-0.1, -0.05) is 36.4 Å². The Kier molecular flexibility index (Phi) is 5.11. The van der Waals surface area contributed by atoms with E-state index >= 15 is 0 Å². The first-order chi connectivity index (χ1) is 11.7. The van der Waals surface area contributed by atoms with Gasteiger partial charge in [0.05, 0.1) is 0 Å². The van der Waals surface area contributed by atoms with Crippen molar-refractivity contribution in [1.82, 2.24) is 9.80 Å². The second-order valence-electron chi connectivity index (χ2n) is 5.80. The molecule has 0 saturated carbocycles. The fourth-order valence-electron chi connectivity index (χ4n) is 2.81. The lowest BCUT2D eigenvalue weighted by Gasteiger charge is -2.22. The zero-order chi connectivity index (χ0) is 16.8. The average Bonchev–Trinajstić information content (AvgIpc) is 2.89. The lowest BCUT2D eigenvalue weighted by molar-refractivity contribution is 0.0762. The maximum Gasteiger partial charge on any atom is 0.321 e. The van der Waals surface area contributed by atoms with Crippen molar-refractivity contribution in [3.63, 3.8) is 0 Å². The van der Waals surface area contributed by atoms with Crippen molar-refractivity contribution in [3.8, 4) is 0 Å². The number of benzene rings is 2. The minimum absolute atomic E-state index is 0.0286. The number of carbonyl (C=O) groups is 2. The molecule has 124 valence electrons. The van der Waals surface area contributed by atoms with Crippen LogP contribution < -0.4 is 5.32 Å². The lowest BCUT2D eigenvalue weighted by Crippen LogP contribution is -2.39. The highest BCUT2D eigenvalue weighted by atomic mass is 16.2. The van der Waals surface area contributed by atoms with E-state index in [2.05, 4.69) is 5.32 Å². The molecule has 1 fully saturated rings. The first-order valence-electron chi connectivity index (χ1n) is 8.19. The van der Waals surface area contributed by atoms with Gasteiger partial charge in [0.1, 0.15) is 0 Å². The summed E-state index contributed by atoms with van der Waals surface area (Å²) in [6, 6.07) is 18.6. The number of carbonyl (C=O) groups excluding carboxylic acids is 2. The first-order valence-corrected chi connectivity index (χ1v) is 8.19. The lowest BCUT2D eigenvalue weighted by atomic mass is 10.2. The van der Waals surface area contributed by atoms with Gasteiger partial charge in [0.25, 0.3) is 5.91 Å². The highest BCUT2D eigenvalue weighted by molar-refractivity contribution is 5.94. The number of urea groups is 1. The molecule has 0 aliphatic carbocycles. The highest BCUT2D eigenvalue weighted by Gasteiger charge is 2.22. The smallest absolute Gasteiger partial charge is 0.321 e. The van der Waals surface area contributed by atoms with E-state index < -0.39 is 0 Å². The average molecular weight is 323 g/mol. The molecule has 0 bridgehead atoms. The molecule has 0 unspecified atom stereocenters. The van der Waals surface area contributed by atoms with Crippen LogP contribution in [0, 0.1) is 0 Å². The SMILES string of the molecule is O=C(Nc1ccccc1)N1CCCN(C(=O)c2ccccc2)CC1. The summed E-state index contributed by atoms with van der Waals surface area (Å²) in [4.78, 5) is 28.5. The van der Waals surface area contributed by atoms with Gasteiger partial charge in [0.2, 0.25) is 0 Å². The summed E-state index contributed by atoms with van der Waals surface area (Å²) in [6.45, 7) is 2.41. The van der Waals surface area contributed by atoms with E-state index in [1.807, 2.05) is 65.6 Å². The summed E-state index contributed by atoms with van der Waals surface area (Å²) in [5.74, 6) is 0.0286. The minimum atomic E-state index is -0.116. The summed E-state index contributed by atoms with van der Waals surface area (Å²) in [6.07, 6.45) is 0.779. The Morgan fingerprint density at radius 2 is 1.33 bits per heavy atom. The molecule has 2 aromatic rings. The summed E-state index contributed by atoms with van der Waals surface area (Å²) >= 11 is 0. The Hall–Kier alpha value is -2.82. The van der Waals surface area contributed by atoms with E-state index in [0.29, 0.717) is 31.7 Å². The molecule has 2 aromatic carbocycles. The number of hydrogen-bond acceptors (Lipinski definition) is 2. The number of nitrogens with zero attached hydrogens (tertiary/aromatic N) is 2. The van der Waals surface area contributed by atoms with E-state index in [-0.39, 0.29) is 11.9 Å². The van der Waals surface area contributed by atoms with E-state index in [4.69, 9.17) is 0 Å². The summed E-state index contributed by atoms with van der Waals surface area (Å²) in [5, 5.41) is 2.90. The monoisotopic (exact) mass is 323 g/mol. The molecule has 3 rings (SSSR count). The molecule has 1 aliphatic rings. The molecular weight excluding hydrogens is 302 g/mol. The Morgan fingerprint density at radius 1 is 0.750 bits per heavy atom. The third-order valence-corrected chi connectivity index (χ3v) is 4.12. The van der Waals surface area contributed by atoms with E-state index in [9.17, 15) is 9.59 Å². The predicted octanol–water partition coefficient (Wildman–Crippen LogP) is 3.07. The second-order valence-corrected chi connectivity index (χ2v) is 5.80. The van der Waals surface area contributed by atoms with Crippen LogP contribution in [0.4, 0.5) is 10.5 Å². The third kappa shape index (κ3) is 3.93. The molecular formula is C19H21N3O2. The molecule has 3 amide bonds. The number of para-hydroxylation sites is 1. The Labute approximate surface area is 141 Å². The van der Waals surface area contributed by atoms with Crippen molar-refractivity contribution in [2.24, 2.45) is 0 Å². The first kappa shape index (κ1) is 16.1. The van der Waals surface area contributed by atoms with E-state index in [1.165, 1.54) is 0 Å². The number of amides is 3. The van der Waals surface area contributed by atoms with E-state index in [0.717, 1.165) is 12.1 Å². The fourth-order valence-corrected chi connectivity index (χ4v) is 2.81. The van der Waals surface area contributed by atoms with Crippen molar-refractivity contribution in [1.29, 1.82) is 0 Å². The van der Waals surface area contributed by atoms with Gasteiger partial charge < -0.3 is 15.1 Å². The van der Waals surface area contributed by atoms with Gasteiger partial charge in [0, 0.05) is 37.4 Å². The Bertz CT molecular complexity index is 688. The molecule has 1 aliphatic heterocycles. The van der Waals surface area contributed by atoms with Crippen molar-refractivity contribution < 1.29 is 9.59 Å². The minimum Gasteiger partial charge on any atom is -0.337 e. The fraction of sp³-hybridized carbons (Fsp3) is 0.263. The molecule has 24 heavy (non-hydrogen) atoms. The van der Waals surface area contributed by atoms with Crippen LogP contribution in [0.3, 0.4) is 0 Å². The largest absolute Gasteiger partial charge is 0.337 e. The van der Waals surface area contributed by atoms with Gasteiger partial charge in [0.15, 0.2) is 0 Å². The zero-order valence-electron chi connectivity index (χ0n) is 13.5. The number of nitrogens with one attached hydrogen (secondary N) is 1. The van der Waals surface area contributed by atoms with Crippen molar-refractivity contribution in [3.05, 3.63) is 66.2 Å². The predicted molar refractivity (Wildman–Crippen MR) is 94.0 cm³/mol. The Morgan fingerprint density at radius 3 is 2.04 bits per heavy atom. The van der Waals surface area contributed by atoms with Crippen LogP contribution in [0.1, 0.15) is 16.8 Å². The summed E-state index contributed by atoms with van der Waals surface area (Å²) < 4.78 is 0. The molecule has 0 atom stereocenters. The molecule has 5 nitrogen and oxygen atoms in total. The van der Waals surface area contributed by atoms with Crippen LogP contribution in [0.15, 0.2) is 60.7 Å². The topological polar surface area (TPSA) is 52.7 Å². The van der Waals surface area contributed by atoms with Gasteiger partial charge in [-0.05, 0) is 30.7 Å². The molecule has 1 heterocycles. The van der Waals surface area contributed by atoms with Crippen LogP contribution in [0.2, 0.25) is 0 Å². The summed E-state index contributed by atoms with van der Waals surface area (Å²) in [5.41, 5.74) is 1.48. The van der Waals surface area contributed by atoms with Crippen LogP contribution in [-0.4, -0.2) is 47.9 Å².